The Morgan fingerprint density at radius 2 is 1.32 bits per heavy atom. The van der Waals surface area contributed by atoms with Crippen LogP contribution in [-0.2, 0) is 24.8 Å². The molecule has 4 atom stereocenters. The van der Waals surface area contributed by atoms with Crippen molar-refractivity contribution in [3.8, 4) is 0 Å². The number of hydrogen-bond acceptors (Lipinski definition) is 6. The highest BCUT2D eigenvalue weighted by atomic mass is 32.2. The third-order valence-corrected chi connectivity index (χ3v) is 8.19. The molecule has 7 nitrogen and oxygen atoms in total. The maximum atomic E-state index is 11.7. The molecule has 0 amide bonds. The Morgan fingerprint density at radius 1 is 0.882 bits per heavy atom. The van der Waals surface area contributed by atoms with E-state index < -0.39 is 27.5 Å². The summed E-state index contributed by atoms with van der Waals surface area (Å²) in [7, 11) is -6.05. The van der Waals surface area contributed by atoms with Crippen LogP contribution in [0, 0.1) is 0 Å². The smallest absolute Gasteiger partial charge is 0.338 e. The summed E-state index contributed by atoms with van der Waals surface area (Å²) in [5.41, 5.74) is 11.2. The first-order valence-electron chi connectivity index (χ1n) is 11.5. The van der Waals surface area contributed by atoms with E-state index in [1.54, 1.807) is 0 Å². The molecule has 2 aromatic rings. The first-order chi connectivity index (χ1) is 16.0. The molecule has 0 saturated heterocycles. The summed E-state index contributed by atoms with van der Waals surface area (Å²) in [4.78, 5) is 19.2. The van der Waals surface area contributed by atoms with Gasteiger partial charge in [-0.15, -0.1) is 0 Å². The minimum absolute atomic E-state index is 0.599. The van der Waals surface area contributed by atoms with Gasteiger partial charge in [-0.2, -0.15) is 11.8 Å². The molecule has 0 aromatic heterocycles. The van der Waals surface area contributed by atoms with Crippen molar-refractivity contribution in [3.05, 3.63) is 71.8 Å². The van der Waals surface area contributed by atoms with Gasteiger partial charge in [0.25, 0.3) is 8.53 Å². The van der Waals surface area contributed by atoms with Crippen LogP contribution in [0.3, 0.4) is 0 Å². The lowest BCUT2D eigenvalue weighted by Crippen LogP contribution is -2.26. The minimum Gasteiger partial charge on any atom is -0.338 e. The maximum Gasteiger partial charge on any atom is 0.401 e. The Hall–Kier alpha value is -0.790. The Labute approximate surface area is 209 Å². The van der Waals surface area contributed by atoms with E-state index in [0.29, 0.717) is 6.42 Å². The topological polar surface area (TPSA) is 128 Å². The minimum atomic E-state index is -4.11. The van der Waals surface area contributed by atoms with Crippen LogP contribution in [-0.4, -0.2) is 21.3 Å². The lowest BCUT2D eigenvalue weighted by atomic mass is 9.91. The van der Waals surface area contributed by atoms with Crippen molar-refractivity contribution < 1.29 is 23.4 Å². The van der Waals surface area contributed by atoms with Gasteiger partial charge in [-0.05, 0) is 75.0 Å². The van der Waals surface area contributed by atoms with Crippen molar-refractivity contribution in [1.82, 2.24) is 0 Å². The second kappa shape index (κ2) is 14.1. The maximum absolute atomic E-state index is 11.7. The van der Waals surface area contributed by atoms with E-state index in [0.717, 1.165) is 54.7 Å². The fourth-order valence-corrected chi connectivity index (χ4v) is 6.40. The third kappa shape index (κ3) is 10.4. The molecule has 0 aliphatic carbocycles. The van der Waals surface area contributed by atoms with Crippen LogP contribution >= 0.6 is 28.0 Å². The van der Waals surface area contributed by atoms with Crippen LogP contribution in [0.2, 0.25) is 0 Å². The number of nitrogens with two attached hydrogens (primary N) is 2. The molecular formula is C24H38N2O5P2S. The highest BCUT2D eigenvalue weighted by Crippen LogP contribution is 2.45. The second-order valence-corrected chi connectivity index (χ2v) is 12.1. The van der Waals surface area contributed by atoms with Gasteiger partial charge in [0, 0.05) is 0 Å². The van der Waals surface area contributed by atoms with Crippen molar-refractivity contribution in [1.29, 1.82) is 0 Å². The van der Waals surface area contributed by atoms with Crippen molar-refractivity contribution in [2.75, 3.05) is 11.5 Å². The molecule has 2 rings (SSSR count). The SMILES string of the molecule is CC(CCCCSCCCCC(C)(OP(N)(=O)O)c1ccccc1)(OP(N)O)c1ccccc1. The third-order valence-electron chi connectivity index (χ3n) is 5.78. The summed E-state index contributed by atoms with van der Waals surface area (Å²) in [5, 5.41) is 0. The summed E-state index contributed by atoms with van der Waals surface area (Å²) < 4.78 is 22.9. The van der Waals surface area contributed by atoms with Gasteiger partial charge in [-0.1, -0.05) is 60.7 Å². The fourth-order valence-electron chi connectivity index (χ4n) is 4.00. The van der Waals surface area contributed by atoms with E-state index in [2.05, 4.69) is 0 Å². The number of thioether (sulfide) groups is 1. The average molecular weight is 529 g/mol. The molecule has 0 aliphatic heterocycles. The largest absolute Gasteiger partial charge is 0.401 e. The predicted molar refractivity (Wildman–Crippen MR) is 142 cm³/mol. The lowest BCUT2D eigenvalue weighted by Gasteiger charge is -2.31. The quantitative estimate of drug-likeness (QED) is 0.151. The van der Waals surface area contributed by atoms with Crippen LogP contribution < -0.4 is 11.0 Å². The zero-order valence-corrected chi connectivity index (χ0v) is 22.6. The summed E-state index contributed by atoms with van der Waals surface area (Å²) in [6.45, 7) is 3.79. The van der Waals surface area contributed by atoms with E-state index in [4.69, 9.17) is 20.1 Å². The van der Waals surface area contributed by atoms with Gasteiger partial charge in [0.15, 0.2) is 0 Å². The molecule has 0 bridgehead atoms. The molecule has 0 heterocycles. The van der Waals surface area contributed by atoms with E-state index in [1.165, 1.54) is 0 Å². The van der Waals surface area contributed by atoms with E-state index >= 15 is 0 Å². The fraction of sp³-hybridized carbons (Fsp3) is 0.500. The summed E-state index contributed by atoms with van der Waals surface area (Å²) in [6.07, 6.45) is 5.22. The highest BCUT2D eigenvalue weighted by Gasteiger charge is 2.33. The van der Waals surface area contributed by atoms with Crippen LogP contribution in [0.25, 0.3) is 0 Å². The van der Waals surface area contributed by atoms with E-state index in [1.807, 2.05) is 86.3 Å². The molecule has 34 heavy (non-hydrogen) atoms. The van der Waals surface area contributed by atoms with Crippen molar-refractivity contribution in [2.45, 2.75) is 63.6 Å². The van der Waals surface area contributed by atoms with Crippen molar-refractivity contribution >= 4 is 28.0 Å². The van der Waals surface area contributed by atoms with Crippen LogP contribution in [0.4, 0.5) is 0 Å². The van der Waals surface area contributed by atoms with E-state index in [-0.39, 0.29) is 0 Å². The molecule has 0 radical (unpaired) electrons. The van der Waals surface area contributed by atoms with Gasteiger partial charge in [0.1, 0.15) is 5.60 Å². The molecule has 190 valence electrons. The molecule has 0 spiro atoms. The van der Waals surface area contributed by atoms with Crippen molar-refractivity contribution in [3.63, 3.8) is 0 Å². The second-order valence-electron chi connectivity index (χ2n) is 8.77. The summed E-state index contributed by atoms with van der Waals surface area (Å²) >= 11 is 1.89. The summed E-state index contributed by atoms with van der Waals surface area (Å²) in [5.74, 6) is 2.03. The van der Waals surface area contributed by atoms with Gasteiger partial charge in [0.2, 0.25) is 0 Å². The van der Waals surface area contributed by atoms with Crippen LogP contribution in [0.5, 0.6) is 0 Å². The zero-order valence-electron chi connectivity index (χ0n) is 20.0. The molecule has 2 aromatic carbocycles. The Morgan fingerprint density at radius 3 is 1.76 bits per heavy atom. The highest BCUT2D eigenvalue weighted by molar-refractivity contribution is 7.99. The molecule has 0 aliphatic rings. The first-order valence-corrected chi connectivity index (χ1v) is 15.6. The standard InChI is InChI=1S/C24H38N2O5P2S/c1-23(30-32(25)27,21-13-5-3-6-14-21)17-9-11-19-34-20-12-10-18-24(2,31-33(26,28)29)22-15-7-4-8-16-22/h3-8,13-16,27H,9-12,17-20,25H2,1-2H3,(H3,26,28,29). The van der Waals surface area contributed by atoms with Gasteiger partial charge in [0.05, 0.1) is 5.60 Å². The summed E-state index contributed by atoms with van der Waals surface area (Å²) in [6, 6.07) is 19.3. The zero-order chi connectivity index (χ0) is 25.1. The van der Waals surface area contributed by atoms with Crippen LogP contribution in [0.15, 0.2) is 60.7 Å². The Balaban J connectivity index is 1.72. The lowest BCUT2D eigenvalue weighted by molar-refractivity contribution is 0.0603. The predicted octanol–water partition coefficient (Wildman–Crippen LogP) is 6.16. The molecule has 4 unspecified atom stereocenters. The van der Waals surface area contributed by atoms with Gasteiger partial charge < -0.3 is 14.3 Å². The number of hydrogen-bond donors (Lipinski definition) is 4. The molecule has 0 fully saturated rings. The molecule has 10 heteroatoms. The molecular weight excluding hydrogens is 490 g/mol. The normalized spacial score (nSPS) is 17.9. The van der Waals surface area contributed by atoms with Gasteiger partial charge >= 0.3 is 7.75 Å². The van der Waals surface area contributed by atoms with Crippen molar-refractivity contribution in [2.24, 2.45) is 11.0 Å². The Kier molecular flexibility index (Phi) is 12.2. The van der Waals surface area contributed by atoms with Gasteiger partial charge in [-0.3, -0.25) is 10.0 Å². The average Bonchev–Trinajstić information content (AvgIpc) is 2.77. The monoisotopic (exact) mass is 528 g/mol. The van der Waals surface area contributed by atoms with Crippen LogP contribution in [0.1, 0.15) is 63.5 Å². The van der Waals surface area contributed by atoms with Gasteiger partial charge in [-0.25, -0.2) is 10.1 Å². The number of unbranched alkanes of at least 4 members (excludes halogenated alkanes) is 2. The number of benzene rings is 2. The molecule has 0 saturated carbocycles. The number of rotatable bonds is 16. The molecule has 6 N–H and O–H groups in total. The van der Waals surface area contributed by atoms with E-state index in [9.17, 15) is 14.4 Å². The first kappa shape index (κ1) is 29.4. The Bertz CT molecular complexity index is 887.